The van der Waals surface area contributed by atoms with Crippen LogP contribution in [0.3, 0.4) is 0 Å². The third kappa shape index (κ3) is 2.93. The zero-order chi connectivity index (χ0) is 14.7. The van der Waals surface area contributed by atoms with E-state index in [4.69, 9.17) is 0 Å². The summed E-state index contributed by atoms with van der Waals surface area (Å²) in [6.07, 6.45) is 6.58. The van der Waals surface area contributed by atoms with Gasteiger partial charge in [0.05, 0.1) is 0 Å². The number of amides is 1. The van der Waals surface area contributed by atoms with Crippen molar-refractivity contribution in [3.63, 3.8) is 0 Å². The molecule has 1 aliphatic rings. The minimum atomic E-state index is 0.0253. The fourth-order valence-corrected chi connectivity index (χ4v) is 3.93. The molecule has 2 nitrogen and oxygen atoms in total. The van der Waals surface area contributed by atoms with Crippen LogP contribution in [0.15, 0.2) is 35.2 Å². The lowest BCUT2D eigenvalue weighted by molar-refractivity contribution is 0.103. The number of anilines is 1. The van der Waals surface area contributed by atoms with Gasteiger partial charge in [-0.3, -0.25) is 4.79 Å². The lowest BCUT2D eigenvalue weighted by Gasteiger charge is -2.07. The van der Waals surface area contributed by atoms with Gasteiger partial charge in [0.15, 0.2) is 0 Å². The molecule has 21 heavy (non-hydrogen) atoms. The second kappa shape index (κ2) is 6.52. The van der Waals surface area contributed by atoms with Crippen molar-refractivity contribution in [3.8, 4) is 0 Å². The van der Waals surface area contributed by atoms with Gasteiger partial charge in [-0.05, 0) is 35.8 Å². The fraction of sp³-hybridized carbons (Fsp3) is 0.389. The summed E-state index contributed by atoms with van der Waals surface area (Å²) < 4.78 is 0. The Labute approximate surface area is 130 Å². The Balaban J connectivity index is 1.73. The van der Waals surface area contributed by atoms with Crippen molar-refractivity contribution in [1.82, 2.24) is 0 Å². The lowest BCUT2D eigenvalue weighted by atomic mass is 10.1. The first kappa shape index (κ1) is 14.5. The summed E-state index contributed by atoms with van der Waals surface area (Å²) in [6, 6.07) is 10.2. The van der Waals surface area contributed by atoms with Gasteiger partial charge in [0.1, 0.15) is 0 Å². The first-order chi connectivity index (χ1) is 10.3. The van der Waals surface area contributed by atoms with Gasteiger partial charge in [-0.25, -0.2) is 0 Å². The van der Waals surface area contributed by atoms with E-state index in [0.717, 1.165) is 22.4 Å². The molecule has 3 heteroatoms. The van der Waals surface area contributed by atoms with Crippen molar-refractivity contribution < 1.29 is 4.79 Å². The molecule has 0 radical (unpaired) electrons. The van der Waals surface area contributed by atoms with Gasteiger partial charge in [-0.2, -0.15) is 0 Å². The molecule has 1 aliphatic heterocycles. The molecule has 0 aliphatic carbocycles. The van der Waals surface area contributed by atoms with E-state index < -0.39 is 0 Å². The molecule has 0 spiro atoms. The third-order valence-electron chi connectivity index (χ3n) is 4.00. The van der Waals surface area contributed by atoms with Crippen LogP contribution in [0.4, 0.5) is 5.69 Å². The van der Waals surface area contributed by atoms with Crippen LogP contribution in [0.25, 0.3) is 10.8 Å². The maximum atomic E-state index is 11.9. The number of hydrogen-bond acceptors (Lipinski definition) is 2. The quantitative estimate of drug-likeness (QED) is 0.542. The highest BCUT2D eigenvalue weighted by Crippen LogP contribution is 2.38. The molecule has 2 aromatic rings. The summed E-state index contributed by atoms with van der Waals surface area (Å²) in [5.41, 5.74) is 1.77. The van der Waals surface area contributed by atoms with E-state index in [-0.39, 0.29) is 5.91 Å². The number of hydrogen-bond donors (Lipinski definition) is 1. The lowest BCUT2D eigenvalue weighted by Crippen LogP contribution is -2.03. The summed E-state index contributed by atoms with van der Waals surface area (Å²) in [6.45, 7) is 2.25. The monoisotopic (exact) mass is 299 g/mol. The minimum absolute atomic E-state index is 0.0253. The van der Waals surface area contributed by atoms with Crippen molar-refractivity contribution in [1.29, 1.82) is 0 Å². The van der Waals surface area contributed by atoms with Crippen LogP contribution in [-0.2, 0) is 0 Å². The number of nitrogens with one attached hydrogen (secondary N) is 1. The fourth-order valence-electron chi connectivity index (χ4n) is 2.88. The summed E-state index contributed by atoms with van der Waals surface area (Å²) >= 11 is 1.92. The molecule has 3 rings (SSSR count). The molecule has 0 bridgehead atoms. The standard InChI is InChI=1S/C18H21NOS/c1-2-3-4-5-6-12-21-16-11-10-15-17-13(16)8-7-9-14(17)18(20)19-15/h7-11H,2-6,12H2,1H3,(H,19,20). The molecule has 1 heterocycles. The van der Waals surface area contributed by atoms with Crippen LogP contribution < -0.4 is 5.32 Å². The molecule has 1 N–H and O–H groups in total. The first-order valence-electron chi connectivity index (χ1n) is 7.81. The Hall–Kier alpha value is -1.48. The van der Waals surface area contributed by atoms with Gasteiger partial charge in [0.2, 0.25) is 0 Å². The average Bonchev–Trinajstić information content (AvgIpc) is 2.83. The van der Waals surface area contributed by atoms with Gasteiger partial charge in [-0.1, -0.05) is 44.7 Å². The molecule has 0 saturated carbocycles. The Morgan fingerprint density at radius 3 is 2.76 bits per heavy atom. The van der Waals surface area contributed by atoms with Crippen molar-refractivity contribution in [3.05, 3.63) is 35.9 Å². The molecule has 0 atom stereocenters. The van der Waals surface area contributed by atoms with Crippen molar-refractivity contribution in [2.45, 2.75) is 43.9 Å². The normalized spacial score (nSPS) is 12.9. The molecule has 0 fully saturated rings. The van der Waals surface area contributed by atoms with E-state index in [0.29, 0.717) is 0 Å². The highest BCUT2D eigenvalue weighted by molar-refractivity contribution is 7.99. The van der Waals surface area contributed by atoms with Crippen LogP contribution in [-0.4, -0.2) is 11.7 Å². The Bertz CT molecular complexity index is 666. The number of carbonyl (C=O) groups is 1. The predicted molar refractivity (Wildman–Crippen MR) is 91.4 cm³/mol. The second-order valence-corrected chi connectivity index (χ2v) is 6.69. The van der Waals surface area contributed by atoms with Crippen molar-refractivity contribution in [2.75, 3.05) is 11.1 Å². The van der Waals surface area contributed by atoms with Gasteiger partial charge in [-0.15, -0.1) is 11.8 Å². The predicted octanol–water partition coefficient (Wildman–Crippen LogP) is 5.47. The number of benzene rings is 2. The van der Waals surface area contributed by atoms with Crippen molar-refractivity contribution >= 4 is 34.1 Å². The van der Waals surface area contributed by atoms with E-state index in [2.05, 4.69) is 24.4 Å². The van der Waals surface area contributed by atoms with E-state index in [9.17, 15) is 4.79 Å². The Morgan fingerprint density at radius 1 is 1.05 bits per heavy atom. The van der Waals surface area contributed by atoms with Gasteiger partial charge in [0.25, 0.3) is 5.91 Å². The van der Waals surface area contributed by atoms with Crippen LogP contribution >= 0.6 is 11.8 Å². The van der Waals surface area contributed by atoms with Crippen LogP contribution in [0.5, 0.6) is 0 Å². The first-order valence-corrected chi connectivity index (χ1v) is 8.79. The molecular formula is C18H21NOS. The zero-order valence-corrected chi connectivity index (χ0v) is 13.3. The van der Waals surface area contributed by atoms with Crippen LogP contribution in [0.1, 0.15) is 49.4 Å². The summed E-state index contributed by atoms with van der Waals surface area (Å²) in [4.78, 5) is 13.2. The largest absolute Gasteiger partial charge is 0.321 e. The van der Waals surface area contributed by atoms with Crippen LogP contribution in [0, 0.1) is 0 Å². The number of unbranched alkanes of at least 4 members (excludes halogenated alkanes) is 4. The molecule has 1 amide bonds. The highest BCUT2D eigenvalue weighted by Gasteiger charge is 2.21. The van der Waals surface area contributed by atoms with Gasteiger partial charge in [0, 0.05) is 21.5 Å². The molecule has 0 unspecified atom stereocenters. The summed E-state index contributed by atoms with van der Waals surface area (Å²) in [7, 11) is 0. The maximum Gasteiger partial charge on any atom is 0.256 e. The maximum absolute atomic E-state index is 11.9. The molecule has 110 valence electrons. The zero-order valence-electron chi connectivity index (χ0n) is 12.4. The molecule has 2 aromatic carbocycles. The SMILES string of the molecule is CCCCCCCSc1ccc2c3c(cccc13)C(=O)N2. The average molecular weight is 299 g/mol. The number of thioether (sulfide) groups is 1. The number of rotatable bonds is 7. The molecule has 0 aromatic heterocycles. The van der Waals surface area contributed by atoms with E-state index in [1.165, 1.54) is 42.4 Å². The van der Waals surface area contributed by atoms with E-state index in [1.54, 1.807) is 0 Å². The smallest absolute Gasteiger partial charge is 0.256 e. The van der Waals surface area contributed by atoms with E-state index >= 15 is 0 Å². The Kier molecular flexibility index (Phi) is 4.49. The second-order valence-electron chi connectivity index (χ2n) is 5.56. The minimum Gasteiger partial charge on any atom is -0.321 e. The number of carbonyl (C=O) groups excluding carboxylic acids is 1. The highest BCUT2D eigenvalue weighted by atomic mass is 32.2. The third-order valence-corrected chi connectivity index (χ3v) is 5.16. The molecular weight excluding hydrogens is 278 g/mol. The summed E-state index contributed by atoms with van der Waals surface area (Å²) in [5.74, 6) is 1.18. The van der Waals surface area contributed by atoms with Gasteiger partial charge < -0.3 is 5.32 Å². The van der Waals surface area contributed by atoms with Gasteiger partial charge >= 0.3 is 0 Å². The topological polar surface area (TPSA) is 29.1 Å². The molecule has 0 saturated heterocycles. The van der Waals surface area contributed by atoms with Crippen molar-refractivity contribution in [2.24, 2.45) is 0 Å². The summed E-state index contributed by atoms with van der Waals surface area (Å²) in [5, 5.41) is 5.25. The van der Waals surface area contributed by atoms with Crippen LogP contribution in [0.2, 0.25) is 0 Å². The Morgan fingerprint density at radius 2 is 1.90 bits per heavy atom. The van der Waals surface area contributed by atoms with E-state index in [1.807, 2.05) is 30.0 Å².